The number of pyridine rings is 1. The number of rotatable bonds is 5. The monoisotopic (exact) mass is 313 g/mol. The third-order valence-corrected chi connectivity index (χ3v) is 4.41. The number of carbonyl (C=O) groups excluding carboxylic acids is 1. The van der Waals surface area contributed by atoms with Crippen molar-refractivity contribution in [2.75, 3.05) is 11.4 Å². The molecule has 0 radical (unpaired) electrons. The van der Waals surface area contributed by atoms with Crippen LogP contribution in [0.1, 0.15) is 48.9 Å². The molecule has 1 atom stereocenters. The molecule has 1 unspecified atom stereocenters. The number of carbonyl (C=O) groups is 1. The molecule has 2 aromatic heterocycles. The molecule has 3 heterocycles. The van der Waals surface area contributed by atoms with Crippen molar-refractivity contribution in [3.63, 3.8) is 0 Å². The van der Waals surface area contributed by atoms with E-state index in [4.69, 9.17) is 4.42 Å². The number of hydrogen-bond acceptors (Lipinski definition) is 4. The highest BCUT2D eigenvalue weighted by Gasteiger charge is 2.21. The molecule has 1 aliphatic rings. The first kappa shape index (κ1) is 15.6. The van der Waals surface area contributed by atoms with E-state index in [0.29, 0.717) is 18.3 Å². The number of furan rings is 1. The Labute approximate surface area is 136 Å². The van der Waals surface area contributed by atoms with E-state index in [-0.39, 0.29) is 5.91 Å². The fourth-order valence-corrected chi connectivity index (χ4v) is 3.13. The lowest BCUT2D eigenvalue weighted by Gasteiger charge is -2.37. The van der Waals surface area contributed by atoms with Gasteiger partial charge in [-0.15, -0.1) is 0 Å². The molecular weight excluding hydrogens is 290 g/mol. The van der Waals surface area contributed by atoms with E-state index >= 15 is 0 Å². The molecule has 1 amide bonds. The van der Waals surface area contributed by atoms with Crippen molar-refractivity contribution in [3.8, 4) is 0 Å². The summed E-state index contributed by atoms with van der Waals surface area (Å²) < 4.78 is 5.20. The van der Waals surface area contributed by atoms with Crippen molar-refractivity contribution >= 4 is 11.6 Å². The molecule has 0 bridgehead atoms. The van der Waals surface area contributed by atoms with E-state index in [1.165, 1.54) is 19.3 Å². The summed E-state index contributed by atoms with van der Waals surface area (Å²) in [6.07, 6.45) is 8.32. The van der Waals surface area contributed by atoms with Gasteiger partial charge in [-0.25, -0.2) is 4.98 Å². The summed E-state index contributed by atoms with van der Waals surface area (Å²) >= 11 is 0. The van der Waals surface area contributed by atoms with Crippen LogP contribution in [0.2, 0.25) is 0 Å². The van der Waals surface area contributed by atoms with Gasteiger partial charge in [-0.05, 0) is 49.9 Å². The van der Waals surface area contributed by atoms with Crippen LogP contribution in [0.15, 0.2) is 41.1 Å². The highest BCUT2D eigenvalue weighted by atomic mass is 16.3. The van der Waals surface area contributed by atoms with Gasteiger partial charge in [0.05, 0.1) is 24.7 Å². The first-order valence-corrected chi connectivity index (χ1v) is 8.31. The van der Waals surface area contributed by atoms with Crippen molar-refractivity contribution < 1.29 is 9.21 Å². The van der Waals surface area contributed by atoms with Crippen LogP contribution in [0.3, 0.4) is 0 Å². The molecule has 122 valence electrons. The predicted molar refractivity (Wildman–Crippen MR) is 89.4 cm³/mol. The molecule has 0 spiro atoms. The molecule has 1 fully saturated rings. The lowest BCUT2D eigenvalue weighted by molar-refractivity contribution is 0.0943. The molecule has 5 nitrogen and oxygen atoms in total. The molecule has 0 saturated carbocycles. The second kappa shape index (κ2) is 7.31. The molecule has 0 aliphatic carbocycles. The van der Waals surface area contributed by atoms with Crippen LogP contribution in [-0.4, -0.2) is 23.5 Å². The van der Waals surface area contributed by atoms with E-state index in [2.05, 4.69) is 22.1 Å². The fourth-order valence-electron chi connectivity index (χ4n) is 3.13. The largest absolute Gasteiger partial charge is 0.467 e. The van der Waals surface area contributed by atoms with Gasteiger partial charge in [-0.2, -0.15) is 0 Å². The summed E-state index contributed by atoms with van der Waals surface area (Å²) in [5.74, 6) is 0.549. The SMILES string of the molecule is CCC1CCCCN1c1ccc(C(=O)NCc2ccco2)nc1. The Hall–Kier alpha value is -2.30. The van der Waals surface area contributed by atoms with E-state index in [1.807, 2.05) is 18.3 Å². The molecule has 5 heteroatoms. The smallest absolute Gasteiger partial charge is 0.270 e. The van der Waals surface area contributed by atoms with Gasteiger partial charge in [0.15, 0.2) is 0 Å². The minimum Gasteiger partial charge on any atom is -0.467 e. The number of amides is 1. The van der Waals surface area contributed by atoms with E-state index in [9.17, 15) is 4.79 Å². The Kier molecular flexibility index (Phi) is 4.95. The highest BCUT2D eigenvalue weighted by molar-refractivity contribution is 5.92. The summed E-state index contributed by atoms with van der Waals surface area (Å²) in [7, 11) is 0. The van der Waals surface area contributed by atoms with Crippen LogP contribution in [0.25, 0.3) is 0 Å². The molecule has 2 aromatic rings. The Morgan fingerprint density at radius 3 is 3.00 bits per heavy atom. The third-order valence-electron chi connectivity index (χ3n) is 4.41. The second-order valence-corrected chi connectivity index (χ2v) is 5.91. The molecular formula is C18H23N3O2. The van der Waals surface area contributed by atoms with Crippen molar-refractivity contribution in [1.82, 2.24) is 10.3 Å². The lowest BCUT2D eigenvalue weighted by atomic mass is 9.99. The standard InChI is InChI=1S/C18H23N3O2/c1-2-14-6-3-4-10-21(14)15-8-9-17(19-12-15)18(22)20-13-16-7-5-11-23-16/h5,7-9,11-12,14H,2-4,6,10,13H2,1H3,(H,20,22). The Morgan fingerprint density at radius 1 is 1.39 bits per heavy atom. The summed E-state index contributed by atoms with van der Waals surface area (Å²) in [6.45, 7) is 3.68. The maximum Gasteiger partial charge on any atom is 0.270 e. The van der Waals surface area contributed by atoms with Gasteiger partial charge in [0.1, 0.15) is 11.5 Å². The number of nitrogens with zero attached hydrogens (tertiary/aromatic N) is 2. The second-order valence-electron chi connectivity index (χ2n) is 5.91. The minimum atomic E-state index is -0.182. The molecule has 0 aromatic carbocycles. The summed E-state index contributed by atoms with van der Waals surface area (Å²) in [5, 5.41) is 2.81. The van der Waals surface area contributed by atoms with E-state index in [0.717, 1.165) is 24.4 Å². The van der Waals surface area contributed by atoms with Crippen LogP contribution in [-0.2, 0) is 6.54 Å². The van der Waals surface area contributed by atoms with E-state index in [1.54, 1.807) is 18.4 Å². The zero-order valence-electron chi connectivity index (χ0n) is 13.5. The van der Waals surface area contributed by atoms with Crippen molar-refractivity contribution in [1.29, 1.82) is 0 Å². The number of anilines is 1. The molecule has 1 aliphatic heterocycles. The van der Waals surface area contributed by atoms with Gasteiger partial charge in [0, 0.05) is 12.6 Å². The Morgan fingerprint density at radius 2 is 2.30 bits per heavy atom. The molecule has 1 saturated heterocycles. The fraction of sp³-hybridized carbons (Fsp3) is 0.444. The normalized spacial score (nSPS) is 18.0. The zero-order chi connectivity index (χ0) is 16.1. The predicted octanol–water partition coefficient (Wildman–Crippen LogP) is 3.37. The van der Waals surface area contributed by atoms with Crippen LogP contribution >= 0.6 is 0 Å². The average molecular weight is 313 g/mol. The van der Waals surface area contributed by atoms with Crippen LogP contribution in [0.5, 0.6) is 0 Å². The molecule has 3 rings (SSSR count). The Bertz CT molecular complexity index is 622. The number of hydrogen-bond donors (Lipinski definition) is 1. The van der Waals surface area contributed by atoms with E-state index < -0.39 is 0 Å². The third kappa shape index (κ3) is 3.73. The first-order valence-electron chi connectivity index (χ1n) is 8.31. The van der Waals surface area contributed by atoms with Crippen molar-refractivity contribution in [2.45, 2.75) is 45.2 Å². The number of nitrogens with one attached hydrogen (secondary N) is 1. The number of aromatic nitrogens is 1. The van der Waals surface area contributed by atoms with Crippen LogP contribution in [0.4, 0.5) is 5.69 Å². The van der Waals surface area contributed by atoms with Crippen LogP contribution in [0, 0.1) is 0 Å². The minimum absolute atomic E-state index is 0.182. The summed E-state index contributed by atoms with van der Waals surface area (Å²) in [4.78, 5) is 18.9. The van der Waals surface area contributed by atoms with Gasteiger partial charge in [-0.3, -0.25) is 4.79 Å². The average Bonchev–Trinajstić information content (AvgIpc) is 3.13. The molecule has 23 heavy (non-hydrogen) atoms. The van der Waals surface area contributed by atoms with Crippen LogP contribution < -0.4 is 10.2 Å². The van der Waals surface area contributed by atoms with Gasteiger partial charge in [-0.1, -0.05) is 6.92 Å². The maximum absolute atomic E-state index is 12.1. The van der Waals surface area contributed by atoms with Gasteiger partial charge < -0.3 is 14.6 Å². The van der Waals surface area contributed by atoms with Gasteiger partial charge >= 0.3 is 0 Å². The molecule has 1 N–H and O–H groups in total. The quantitative estimate of drug-likeness (QED) is 0.919. The van der Waals surface area contributed by atoms with Crippen molar-refractivity contribution in [2.24, 2.45) is 0 Å². The Balaban J connectivity index is 1.63. The zero-order valence-corrected chi connectivity index (χ0v) is 13.5. The number of piperidine rings is 1. The van der Waals surface area contributed by atoms with Gasteiger partial charge in [0.25, 0.3) is 5.91 Å². The summed E-state index contributed by atoms with van der Waals surface area (Å²) in [5.41, 5.74) is 1.55. The van der Waals surface area contributed by atoms with Gasteiger partial charge in [0.2, 0.25) is 0 Å². The topological polar surface area (TPSA) is 58.4 Å². The maximum atomic E-state index is 12.1. The highest BCUT2D eigenvalue weighted by Crippen LogP contribution is 2.25. The van der Waals surface area contributed by atoms with Crippen molar-refractivity contribution in [3.05, 3.63) is 48.2 Å². The first-order chi connectivity index (χ1) is 11.3. The lowest BCUT2D eigenvalue weighted by Crippen LogP contribution is -2.39. The summed E-state index contributed by atoms with van der Waals surface area (Å²) in [6, 6.07) is 8.02.